The first-order valence-corrected chi connectivity index (χ1v) is 13.4. The first-order valence-electron chi connectivity index (χ1n) is 11.2. The van der Waals surface area contributed by atoms with Crippen molar-refractivity contribution in [2.24, 2.45) is 10.2 Å². The van der Waals surface area contributed by atoms with Crippen LogP contribution in [0.2, 0.25) is 10.0 Å². The van der Waals surface area contributed by atoms with Crippen LogP contribution in [0.15, 0.2) is 75.8 Å². The second-order valence-electron chi connectivity index (χ2n) is 8.06. The van der Waals surface area contributed by atoms with Crippen LogP contribution in [0.3, 0.4) is 0 Å². The van der Waals surface area contributed by atoms with Crippen LogP contribution in [-0.4, -0.2) is 30.6 Å². The fourth-order valence-electron chi connectivity index (χ4n) is 3.85. The quantitative estimate of drug-likeness (QED) is 0.155. The molecule has 0 saturated heterocycles. The van der Waals surface area contributed by atoms with Gasteiger partial charge in [0, 0.05) is 5.39 Å². The summed E-state index contributed by atoms with van der Waals surface area (Å²) in [6, 6.07) is 15.9. The molecule has 0 heterocycles. The van der Waals surface area contributed by atoms with Crippen LogP contribution >= 0.6 is 23.2 Å². The largest absolute Gasteiger partial charge is 0.505 e. The monoisotopic (exact) mass is 573 g/mol. The average Bonchev–Trinajstić information content (AvgIpc) is 2.86. The molecule has 0 radical (unpaired) electrons. The molecule has 4 rings (SSSR count). The van der Waals surface area contributed by atoms with Gasteiger partial charge < -0.3 is 15.2 Å². The summed E-state index contributed by atoms with van der Waals surface area (Å²) in [5.74, 6) is -0.917. The number of carbonyl (C=O) groups excluding carboxylic acids is 1. The SMILES string of the molecule is CCOc1c(Cl)cccc1NC(=O)c1cc2ccccc2c(N=Nc2c(Cl)ccc(C)c2S(=O)(=O)O)c1O. The number of benzene rings is 4. The van der Waals surface area contributed by atoms with Crippen molar-refractivity contribution in [3.63, 3.8) is 0 Å². The predicted molar refractivity (Wildman–Crippen MR) is 146 cm³/mol. The highest BCUT2D eigenvalue weighted by atomic mass is 35.5. The Morgan fingerprint density at radius 2 is 1.71 bits per heavy atom. The number of phenols is 1. The third kappa shape index (κ3) is 5.44. The van der Waals surface area contributed by atoms with Crippen LogP contribution in [0.1, 0.15) is 22.8 Å². The minimum absolute atomic E-state index is 0.0888. The number of nitrogens with zero attached hydrogens (tertiary/aromatic N) is 2. The molecule has 0 aromatic heterocycles. The third-order valence-corrected chi connectivity index (χ3v) is 7.16. The van der Waals surface area contributed by atoms with Crippen molar-refractivity contribution in [3.8, 4) is 11.5 Å². The Kier molecular flexibility index (Phi) is 7.89. The Morgan fingerprint density at radius 3 is 2.42 bits per heavy atom. The number of ether oxygens (including phenoxy) is 1. The number of phenolic OH excluding ortho intramolecular Hbond substituents is 1. The highest BCUT2D eigenvalue weighted by Gasteiger charge is 2.23. The number of amides is 1. The van der Waals surface area contributed by atoms with Crippen LogP contribution in [0.5, 0.6) is 11.5 Å². The van der Waals surface area contributed by atoms with E-state index in [1.54, 1.807) is 49.4 Å². The molecule has 0 aliphatic carbocycles. The van der Waals surface area contributed by atoms with Gasteiger partial charge in [-0.05, 0) is 49.1 Å². The molecule has 0 fully saturated rings. The molecule has 4 aromatic carbocycles. The van der Waals surface area contributed by atoms with E-state index in [1.807, 2.05) is 0 Å². The van der Waals surface area contributed by atoms with Gasteiger partial charge >= 0.3 is 0 Å². The number of rotatable bonds is 7. The van der Waals surface area contributed by atoms with Gasteiger partial charge in [0.2, 0.25) is 0 Å². The van der Waals surface area contributed by atoms with E-state index in [9.17, 15) is 22.9 Å². The highest BCUT2D eigenvalue weighted by molar-refractivity contribution is 7.86. The van der Waals surface area contributed by atoms with Crippen molar-refractivity contribution in [1.82, 2.24) is 0 Å². The lowest BCUT2D eigenvalue weighted by Gasteiger charge is -2.14. The number of hydrogen-bond acceptors (Lipinski definition) is 7. The molecular weight excluding hydrogens is 553 g/mol. The minimum Gasteiger partial charge on any atom is -0.505 e. The molecule has 0 aliphatic heterocycles. The first-order chi connectivity index (χ1) is 18.0. The van der Waals surface area contributed by atoms with E-state index in [0.29, 0.717) is 28.1 Å². The maximum Gasteiger partial charge on any atom is 0.297 e. The molecular formula is C26H21Cl2N3O6S. The second kappa shape index (κ2) is 11.0. The number of aryl methyl sites for hydroxylation is 1. The first kappa shape index (κ1) is 27.3. The number of azo groups is 1. The normalized spacial score (nSPS) is 11.7. The number of para-hydroxylation sites is 1. The molecule has 0 bridgehead atoms. The summed E-state index contributed by atoms with van der Waals surface area (Å²) in [6.45, 7) is 3.55. The Balaban J connectivity index is 1.85. The fourth-order valence-corrected chi connectivity index (χ4v) is 5.20. The number of hydrogen-bond donors (Lipinski definition) is 3. The number of fused-ring (bicyclic) bond motifs is 1. The molecule has 0 unspecified atom stereocenters. The number of anilines is 1. The topological polar surface area (TPSA) is 138 Å². The van der Waals surface area contributed by atoms with Gasteiger partial charge in [-0.2, -0.15) is 8.42 Å². The molecule has 1 amide bonds. The molecule has 4 aromatic rings. The van der Waals surface area contributed by atoms with Crippen molar-refractivity contribution in [2.75, 3.05) is 11.9 Å². The van der Waals surface area contributed by atoms with E-state index in [4.69, 9.17) is 27.9 Å². The van der Waals surface area contributed by atoms with Gasteiger partial charge in [-0.15, -0.1) is 10.2 Å². The van der Waals surface area contributed by atoms with Crippen LogP contribution in [0.4, 0.5) is 17.1 Å². The number of carbonyl (C=O) groups is 1. The molecule has 9 nitrogen and oxygen atoms in total. The zero-order valence-corrected chi connectivity index (χ0v) is 22.4. The van der Waals surface area contributed by atoms with Crippen LogP contribution in [0, 0.1) is 6.92 Å². The van der Waals surface area contributed by atoms with Crippen molar-refractivity contribution in [3.05, 3.63) is 81.8 Å². The number of nitrogens with one attached hydrogen (secondary N) is 1. The fraction of sp³-hybridized carbons (Fsp3) is 0.115. The lowest BCUT2D eigenvalue weighted by molar-refractivity contribution is 0.102. The van der Waals surface area contributed by atoms with Gasteiger partial charge in [0.05, 0.1) is 27.9 Å². The van der Waals surface area contributed by atoms with E-state index in [1.165, 1.54) is 25.1 Å². The summed E-state index contributed by atoms with van der Waals surface area (Å²) < 4.78 is 39.3. The third-order valence-electron chi connectivity index (χ3n) is 5.53. The highest BCUT2D eigenvalue weighted by Crippen LogP contribution is 2.42. The van der Waals surface area contributed by atoms with E-state index >= 15 is 0 Å². The summed E-state index contributed by atoms with van der Waals surface area (Å²) in [7, 11) is -4.70. The molecule has 0 aliphatic rings. The Hall–Kier alpha value is -3.70. The van der Waals surface area contributed by atoms with Gasteiger partial charge in [-0.1, -0.05) is 59.6 Å². The smallest absolute Gasteiger partial charge is 0.297 e. The Morgan fingerprint density at radius 1 is 1.00 bits per heavy atom. The molecule has 12 heteroatoms. The van der Waals surface area contributed by atoms with Crippen LogP contribution in [0.25, 0.3) is 10.8 Å². The minimum atomic E-state index is -4.70. The molecule has 3 N–H and O–H groups in total. The lowest BCUT2D eigenvalue weighted by atomic mass is 10.0. The van der Waals surface area contributed by atoms with E-state index in [2.05, 4.69) is 15.5 Å². The molecule has 38 heavy (non-hydrogen) atoms. The molecule has 0 spiro atoms. The molecule has 0 atom stereocenters. The summed E-state index contributed by atoms with van der Waals surface area (Å²) >= 11 is 12.4. The predicted octanol–water partition coefficient (Wildman–Crippen LogP) is 7.47. The van der Waals surface area contributed by atoms with Gasteiger partial charge in [0.15, 0.2) is 11.5 Å². The zero-order chi connectivity index (χ0) is 27.6. The summed E-state index contributed by atoms with van der Waals surface area (Å²) in [5.41, 5.74) is -0.0643. The van der Waals surface area contributed by atoms with Gasteiger partial charge in [-0.3, -0.25) is 9.35 Å². The maximum absolute atomic E-state index is 13.3. The molecule has 0 saturated carbocycles. The lowest BCUT2D eigenvalue weighted by Crippen LogP contribution is -2.13. The zero-order valence-electron chi connectivity index (χ0n) is 20.1. The van der Waals surface area contributed by atoms with Crippen LogP contribution < -0.4 is 10.1 Å². The maximum atomic E-state index is 13.3. The van der Waals surface area contributed by atoms with E-state index < -0.39 is 26.7 Å². The van der Waals surface area contributed by atoms with E-state index in [0.717, 1.165) is 0 Å². The Bertz CT molecular complexity index is 1710. The van der Waals surface area contributed by atoms with Crippen molar-refractivity contribution < 1.29 is 27.6 Å². The number of aromatic hydroxyl groups is 1. The van der Waals surface area contributed by atoms with Gasteiger partial charge in [0.1, 0.15) is 16.3 Å². The second-order valence-corrected chi connectivity index (χ2v) is 10.2. The summed E-state index contributed by atoms with van der Waals surface area (Å²) in [5, 5.41) is 23.1. The Labute approximate surface area is 228 Å². The van der Waals surface area contributed by atoms with Crippen molar-refractivity contribution in [1.29, 1.82) is 0 Å². The summed E-state index contributed by atoms with van der Waals surface area (Å²) in [6.07, 6.45) is 0. The standard InChI is InChI=1S/C26H21Cl2N3O6S/c1-3-37-24-19(28)9-6-10-20(24)29-26(33)17-13-15-7-4-5-8-16(15)21(23(17)32)30-31-22-18(27)12-11-14(2)25(22)38(34,35)36/h4-13,32H,3H2,1-2H3,(H,29,33)(H,34,35,36). The average molecular weight is 574 g/mol. The van der Waals surface area contributed by atoms with Gasteiger partial charge in [0.25, 0.3) is 16.0 Å². The summed E-state index contributed by atoms with van der Waals surface area (Å²) in [4.78, 5) is 12.8. The van der Waals surface area contributed by atoms with Gasteiger partial charge in [-0.25, -0.2) is 0 Å². The molecule has 196 valence electrons. The van der Waals surface area contributed by atoms with E-state index in [-0.39, 0.29) is 33.3 Å². The van der Waals surface area contributed by atoms with Crippen molar-refractivity contribution in [2.45, 2.75) is 18.7 Å². The van der Waals surface area contributed by atoms with Crippen LogP contribution in [-0.2, 0) is 10.1 Å². The number of halogens is 2. The van der Waals surface area contributed by atoms with Crippen molar-refractivity contribution >= 4 is 67.1 Å².